The van der Waals surface area contributed by atoms with Crippen LogP contribution >= 0.6 is 0 Å². The number of fused-ring (bicyclic) bond motifs is 1. The third kappa shape index (κ3) is 5.60. The number of ether oxygens (including phenoxy) is 1. The van der Waals surface area contributed by atoms with Crippen molar-refractivity contribution in [2.24, 2.45) is 0 Å². The van der Waals surface area contributed by atoms with E-state index in [1.54, 1.807) is 12.4 Å². The molecule has 0 fully saturated rings. The summed E-state index contributed by atoms with van der Waals surface area (Å²) in [7, 11) is 1.51. The van der Waals surface area contributed by atoms with Gasteiger partial charge in [0.1, 0.15) is 11.6 Å². The van der Waals surface area contributed by atoms with Gasteiger partial charge in [0.15, 0.2) is 0 Å². The van der Waals surface area contributed by atoms with Gasteiger partial charge in [0.05, 0.1) is 18.3 Å². The Hall–Kier alpha value is -5.11. The number of amides is 1. The third-order valence-electron chi connectivity index (χ3n) is 6.25. The highest BCUT2D eigenvalue weighted by Crippen LogP contribution is 2.34. The lowest BCUT2D eigenvalue weighted by Gasteiger charge is -2.14. The van der Waals surface area contributed by atoms with Gasteiger partial charge in [-0.25, -0.2) is 13.8 Å². The Morgan fingerprint density at radius 2 is 1.74 bits per heavy atom. The predicted molar refractivity (Wildman–Crippen MR) is 149 cm³/mol. The minimum atomic E-state index is -0.628. The van der Waals surface area contributed by atoms with E-state index < -0.39 is 11.6 Å². The van der Waals surface area contributed by atoms with Crippen molar-refractivity contribution in [3.05, 3.63) is 115 Å². The number of halogens is 2. The van der Waals surface area contributed by atoms with Gasteiger partial charge in [0.2, 0.25) is 11.8 Å². The number of hydrogen-bond donors (Lipinski definition) is 2. The molecule has 0 atom stereocenters. The van der Waals surface area contributed by atoms with Gasteiger partial charge in [0, 0.05) is 47.2 Å². The number of rotatable bonds is 8. The lowest BCUT2D eigenvalue weighted by atomic mass is 9.97. The molecule has 1 amide bonds. The zero-order valence-corrected chi connectivity index (χ0v) is 21.0. The van der Waals surface area contributed by atoms with Gasteiger partial charge >= 0.3 is 0 Å². The van der Waals surface area contributed by atoms with E-state index in [4.69, 9.17) is 4.74 Å². The summed E-state index contributed by atoms with van der Waals surface area (Å²) < 4.78 is 32.8. The Labute approximate surface area is 224 Å². The van der Waals surface area contributed by atoms with Gasteiger partial charge in [-0.3, -0.25) is 9.78 Å². The fourth-order valence-electron chi connectivity index (χ4n) is 4.26. The van der Waals surface area contributed by atoms with Crippen LogP contribution in [-0.4, -0.2) is 23.0 Å². The topological polar surface area (TPSA) is 76.1 Å². The summed E-state index contributed by atoms with van der Waals surface area (Å²) in [6.07, 6.45) is 4.69. The fraction of sp³-hybridized carbons (Fsp3) is 0.0645. The van der Waals surface area contributed by atoms with E-state index in [1.807, 2.05) is 54.6 Å². The maximum absolute atomic E-state index is 14.1. The molecule has 5 rings (SSSR count). The lowest BCUT2D eigenvalue weighted by molar-refractivity contribution is -0.111. The van der Waals surface area contributed by atoms with Crippen molar-refractivity contribution in [2.75, 3.05) is 17.7 Å². The van der Waals surface area contributed by atoms with Gasteiger partial charge in [-0.15, -0.1) is 0 Å². The molecule has 0 unspecified atom stereocenters. The molecule has 0 aliphatic carbocycles. The Balaban J connectivity index is 1.47. The summed E-state index contributed by atoms with van der Waals surface area (Å²) in [5.41, 5.74) is 6.06. The number of carbonyl (C=O) groups excluding carboxylic acids is 1. The van der Waals surface area contributed by atoms with Crippen molar-refractivity contribution in [1.29, 1.82) is 0 Å². The first-order chi connectivity index (χ1) is 18.9. The Kier molecular flexibility index (Phi) is 7.27. The molecule has 2 N–H and O–H groups in total. The van der Waals surface area contributed by atoms with E-state index in [-0.39, 0.29) is 12.5 Å². The highest BCUT2D eigenvalue weighted by Gasteiger charge is 2.12. The molecule has 0 aliphatic heterocycles. The number of carbonyl (C=O) groups is 1. The molecule has 39 heavy (non-hydrogen) atoms. The number of nitrogens with one attached hydrogen (secondary N) is 2. The van der Waals surface area contributed by atoms with E-state index in [9.17, 15) is 13.6 Å². The Morgan fingerprint density at radius 1 is 0.949 bits per heavy atom. The summed E-state index contributed by atoms with van der Waals surface area (Å²) in [6.45, 7) is 3.60. The molecule has 0 radical (unpaired) electrons. The maximum Gasteiger partial charge on any atom is 0.247 e. The molecule has 194 valence electrons. The standard InChI is InChI=1S/C31H24F2N4O2/c1-3-30(38)37-24-9-5-19(6-10-24)25-12-13-34-28-11-7-20(14-26(25)28)22-15-29(31(39-2)36-18-22)35-17-21-4-8-23(32)16-27(21)33/h3-16,18,35H,1,17H2,2H3,(H,37,38). The number of pyridine rings is 2. The van der Waals surface area contributed by atoms with E-state index in [2.05, 4.69) is 27.2 Å². The Morgan fingerprint density at radius 3 is 2.49 bits per heavy atom. The van der Waals surface area contributed by atoms with Crippen LogP contribution in [0.3, 0.4) is 0 Å². The summed E-state index contributed by atoms with van der Waals surface area (Å²) in [5.74, 6) is -1.17. The van der Waals surface area contributed by atoms with Crippen molar-refractivity contribution < 1.29 is 18.3 Å². The SMILES string of the molecule is C=CC(=O)Nc1ccc(-c2ccnc3ccc(-c4cnc(OC)c(NCc5ccc(F)cc5F)c4)cc23)cc1. The first-order valence-electron chi connectivity index (χ1n) is 12.1. The normalized spacial score (nSPS) is 10.7. The zero-order chi connectivity index (χ0) is 27.4. The summed E-state index contributed by atoms with van der Waals surface area (Å²) in [5, 5.41) is 6.84. The molecule has 0 bridgehead atoms. The highest BCUT2D eigenvalue weighted by atomic mass is 19.1. The molecule has 2 heterocycles. The van der Waals surface area contributed by atoms with Crippen LogP contribution in [-0.2, 0) is 11.3 Å². The van der Waals surface area contributed by atoms with Crippen molar-refractivity contribution in [3.8, 4) is 28.1 Å². The molecule has 2 aromatic heterocycles. The summed E-state index contributed by atoms with van der Waals surface area (Å²) in [4.78, 5) is 20.5. The number of aromatic nitrogens is 2. The van der Waals surface area contributed by atoms with Crippen LogP contribution in [0.4, 0.5) is 20.2 Å². The van der Waals surface area contributed by atoms with E-state index >= 15 is 0 Å². The number of benzene rings is 3. The Bertz CT molecular complexity index is 1690. The molecule has 5 aromatic rings. The van der Waals surface area contributed by atoms with Crippen molar-refractivity contribution >= 4 is 28.2 Å². The van der Waals surface area contributed by atoms with Crippen LogP contribution in [0.15, 0.2) is 97.8 Å². The number of methoxy groups -OCH3 is 1. The van der Waals surface area contributed by atoms with Crippen LogP contribution in [0.1, 0.15) is 5.56 Å². The van der Waals surface area contributed by atoms with Gasteiger partial charge < -0.3 is 15.4 Å². The van der Waals surface area contributed by atoms with Crippen LogP contribution in [0, 0.1) is 11.6 Å². The highest BCUT2D eigenvalue weighted by molar-refractivity contribution is 6.00. The molecule has 0 saturated carbocycles. The second kappa shape index (κ2) is 11.1. The molecule has 0 saturated heterocycles. The number of hydrogen-bond acceptors (Lipinski definition) is 5. The second-order valence-electron chi connectivity index (χ2n) is 8.73. The van der Waals surface area contributed by atoms with Crippen molar-refractivity contribution in [2.45, 2.75) is 6.54 Å². The molecular weight excluding hydrogens is 498 g/mol. The van der Waals surface area contributed by atoms with Crippen LogP contribution in [0.2, 0.25) is 0 Å². The second-order valence-corrected chi connectivity index (χ2v) is 8.73. The minimum absolute atomic E-state index is 0.128. The molecule has 3 aromatic carbocycles. The fourth-order valence-corrected chi connectivity index (χ4v) is 4.26. The average molecular weight is 523 g/mol. The largest absolute Gasteiger partial charge is 0.480 e. The van der Waals surface area contributed by atoms with Gasteiger partial charge in [-0.05, 0) is 65.2 Å². The van der Waals surface area contributed by atoms with Crippen molar-refractivity contribution in [1.82, 2.24) is 9.97 Å². The number of anilines is 2. The van der Waals surface area contributed by atoms with E-state index in [0.717, 1.165) is 39.2 Å². The van der Waals surface area contributed by atoms with Gasteiger partial charge in [-0.1, -0.05) is 30.8 Å². The van der Waals surface area contributed by atoms with Crippen LogP contribution in [0.25, 0.3) is 33.2 Å². The summed E-state index contributed by atoms with van der Waals surface area (Å²) >= 11 is 0. The van der Waals surface area contributed by atoms with E-state index in [1.165, 1.54) is 25.3 Å². The molecule has 6 nitrogen and oxygen atoms in total. The van der Waals surface area contributed by atoms with Crippen molar-refractivity contribution in [3.63, 3.8) is 0 Å². The van der Waals surface area contributed by atoms with Crippen LogP contribution < -0.4 is 15.4 Å². The summed E-state index contributed by atoms with van der Waals surface area (Å²) in [6, 6.07) is 20.8. The van der Waals surface area contributed by atoms with Gasteiger partial charge in [0.25, 0.3) is 0 Å². The van der Waals surface area contributed by atoms with E-state index in [0.29, 0.717) is 22.8 Å². The predicted octanol–water partition coefficient (Wildman–Crippen LogP) is 6.99. The first-order valence-corrected chi connectivity index (χ1v) is 12.1. The minimum Gasteiger partial charge on any atom is -0.480 e. The molecular formula is C31H24F2N4O2. The third-order valence-corrected chi connectivity index (χ3v) is 6.25. The van der Waals surface area contributed by atoms with Gasteiger partial charge in [-0.2, -0.15) is 0 Å². The molecule has 0 aliphatic rings. The first kappa shape index (κ1) is 25.5. The quantitative estimate of drug-likeness (QED) is 0.215. The smallest absolute Gasteiger partial charge is 0.247 e. The monoisotopic (exact) mass is 522 g/mol. The molecule has 8 heteroatoms. The van der Waals surface area contributed by atoms with Crippen LogP contribution in [0.5, 0.6) is 5.88 Å². The lowest BCUT2D eigenvalue weighted by Crippen LogP contribution is -2.06. The number of nitrogens with zero attached hydrogens (tertiary/aromatic N) is 2. The molecule has 0 spiro atoms. The average Bonchev–Trinajstić information content (AvgIpc) is 2.96. The maximum atomic E-state index is 14.1. The zero-order valence-electron chi connectivity index (χ0n) is 21.0.